The predicted octanol–water partition coefficient (Wildman–Crippen LogP) is 4.02. The molecule has 0 aromatic heterocycles. The molecule has 1 atom stereocenters. The summed E-state index contributed by atoms with van der Waals surface area (Å²) >= 11 is 0. The van der Waals surface area contributed by atoms with Crippen LogP contribution < -0.4 is 4.90 Å². The standard InChI is InChI=1S/C26H23NO6S/c28-25-21-10-4-5-11-23(21)34(30,31)24-13-12-19(26(29)33-17-20-9-6-14-32-20)15-22(24)27(25)16-18-7-2-1-3-8-18/h1-5,7-8,10-13,15,20H,6,9,14,16-17H2. The highest BCUT2D eigenvalue weighted by atomic mass is 32.2. The second-order valence-corrected chi connectivity index (χ2v) is 10.2. The predicted molar refractivity (Wildman–Crippen MR) is 125 cm³/mol. The number of hydrogen-bond acceptors (Lipinski definition) is 6. The first-order chi connectivity index (χ1) is 16.4. The third-order valence-electron chi connectivity index (χ3n) is 6.03. The highest BCUT2D eigenvalue weighted by Crippen LogP contribution is 2.38. The molecular weight excluding hydrogens is 454 g/mol. The van der Waals surface area contributed by atoms with Gasteiger partial charge < -0.3 is 14.4 Å². The topological polar surface area (TPSA) is 90.0 Å². The molecule has 0 bridgehead atoms. The minimum Gasteiger partial charge on any atom is -0.459 e. The first kappa shape index (κ1) is 22.3. The Morgan fingerprint density at radius 2 is 1.76 bits per heavy atom. The van der Waals surface area contributed by atoms with Gasteiger partial charge in [0.15, 0.2) is 0 Å². The molecule has 2 aliphatic rings. The molecule has 8 heteroatoms. The SMILES string of the molecule is O=C(OCC1CCCO1)c1ccc2c(c1)N(Cc1ccccc1)C(=O)c1ccccc1S2(=O)=O. The Kier molecular flexibility index (Phi) is 5.93. The molecule has 0 radical (unpaired) electrons. The van der Waals surface area contributed by atoms with Crippen molar-refractivity contribution in [2.45, 2.75) is 35.3 Å². The number of carbonyl (C=O) groups excluding carboxylic acids is 2. The van der Waals surface area contributed by atoms with E-state index in [1.54, 1.807) is 12.1 Å². The zero-order valence-corrected chi connectivity index (χ0v) is 19.2. The highest BCUT2D eigenvalue weighted by molar-refractivity contribution is 7.91. The fourth-order valence-corrected chi connectivity index (χ4v) is 5.92. The molecule has 0 aliphatic carbocycles. The lowest BCUT2D eigenvalue weighted by molar-refractivity contribution is 0.0161. The third-order valence-corrected chi connectivity index (χ3v) is 7.89. The molecule has 5 rings (SSSR count). The minimum absolute atomic E-state index is 0.0302. The number of carbonyl (C=O) groups is 2. The number of benzene rings is 3. The number of fused-ring (bicyclic) bond motifs is 2. The van der Waals surface area contributed by atoms with Gasteiger partial charge in [0, 0.05) is 6.61 Å². The van der Waals surface area contributed by atoms with Crippen molar-refractivity contribution in [3.8, 4) is 0 Å². The summed E-state index contributed by atoms with van der Waals surface area (Å²) < 4.78 is 38.0. The second kappa shape index (κ2) is 9.04. The number of amides is 1. The van der Waals surface area contributed by atoms with Gasteiger partial charge in [-0.05, 0) is 48.7 Å². The summed E-state index contributed by atoms with van der Waals surface area (Å²) in [6, 6.07) is 19.7. The molecule has 0 N–H and O–H groups in total. The van der Waals surface area contributed by atoms with Gasteiger partial charge in [-0.15, -0.1) is 0 Å². The molecule has 1 fully saturated rings. The van der Waals surface area contributed by atoms with Crippen LogP contribution in [0.5, 0.6) is 0 Å². The van der Waals surface area contributed by atoms with Crippen LogP contribution in [0.1, 0.15) is 39.1 Å². The van der Waals surface area contributed by atoms with E-state index in [0.29, 0.717) is 6.61 Å². The van der Waals surface area contributed by atoms with Crippen molar-refractivity contribution in [1.29, 1.82) is 0 Å². The van der Waals surface area contributed by atoms with Crippen LogP contribution in [0.3, 0.4) is 0 Å². The molecule has 1 saturated heterocycles. The lowest BCUT2D eigenvalue weighted by Crippen LogP contribution is -2.30. The first-order valence-corrected chi connectivity index (χ1v) is 12.6. The fourth-order valence-electron chi connectivity index (χ4n) is 4.28. The van der Waals surface area contributed by atoms with Crippen molar-refractivity contribution >= 4 is 27.4 Å². The average Bonchev–Trinajstić information content (AvgIpc) is 3.37. The summed E-state index contributed by atoms with van der Waals surface area (Å²) in [5, 5.41) is 0. The fraction of sp³-hybridized carbons (Fsp3) is 0.231. The largest absolute Gasteiger partial charge is 0.459 e. The Labute approximate surface area is 197 Å². The van der Waals surface area contributed by atoms with Crippen LogP contribution in [0.4, 0.5) is 5.69 Å². The molecule has 1 unspecified atom stereocenters. The Balaban J connectivity index is 1.58. The van der Waals surface area contributed by atoms with Crippen molar-refractivity contribution in [3.63, 3.8) is 0 Å². The quantitative estimate of drug-likeness (QED) is 0.516. The van der Waals surface area contributed by atoms with Crippen LogP contribution in [0, 0.1) is 0 Å². The van der Waals surface area contributed by atoms with E-state index in [1.807, 2.05) is 30.3 Å². The Morgan fingerprint density at radius 3 is 2.53 bits per heavy atom. The maximum absolute atomic E-state index is 13.6. The van der Waals surface area contributed by atoms with Crippen molar-refractivity contribution < 1.29 is 27.5 Å². The number of anilines is 1. The molecule has 174 valence electrons. The summed E-state index contributed by atoms with van der Waals surface area (Å²) in [7, 11) is -4.00. The van der Waals surface area contributed by atoms with Gasteiger partial charge in [0.2, 0.25) is 9.84 Å². The summed E-state index contributed by atoms with van der Waals surface area (Å²) in [5.41, 5.74) is 1.24. The molecule has 3 aromatic rings. The monoisotopic (exact) mass is 477 g/mol. The lowest BCUT2D eigenvalue weighted by atomic mass is 10.1. The molecule has 0 saturated carbocycles. The zero-order chi connectivity index (χ0) is 23.7. The van der Waals surface area contributed by atoms with Crippen LogP contribution in [-0.4, -0.2) is 39.6 Å². The number of nitrogens with zero attached hydrogens (tertiary/aromatic N) is 1. The normalized spacial score (nSPS) is 18.6. The highest BCUT2D eigenvalue weighted by Gasteiger charge is 2.36. The van der Waals surface area contributed by atoms with Gasteiger partial charge in [0.25, 0.3) is 5.91 Å². The second-order valence-electron chi connectivity index (χ2n) is 8.29. The summed E-state index contributed by atoms with van der Waals surface area (Å²) in [5.74, 6) is -1.05. The van der Waals surface area contributed by atoms with Crippen LogP contribution in [0.2, 0.25) is 0 Å². The van der Waals surface area contributed by atoms with Gasteiger partial charge in [0.1, 0.15) is 6.61 Å². The van der Waals surface area contributed by atoms with Crippen molar-refractivity contribution in [1.82, 2.24) is 0 Å². The van der Waals surface area contributed by atoms with Gasteiger partial charge in [-0.2, -0.15) is 0 Å². The molecule has 0 spiro atoms. The van der Waals surface area contributed by atoms with E-state index in [2.05, 4.69) is 0 Å². The number of ether oxygens (including phenoxy) is 2. The van der Waals surface area contributed by atoms with Gasteiger partial charge in [-0.3, -0.25) is 4.79 Å². The number of hydrogen-bond donors (Lipinski definition) is 0. The molecule has 2 heterocycles. The Hall–Kier alpha value is -3.49. The van der Waals surface area contributed by atoms with Crippen LogP contribution >= 0.6 is 0 Å². The maximum atomic E-state index is 13.6. The summed E-state index contributed by atoms with van der Waals surface area (Å²) in [6.45, 7) is 0.924. The van der Waals surface area contributed by atoms with Gasteiger partial charge in [-0.25, -0.2) is 13.2 Å². The molecule has 3 aromatic carbocycles. The van der Waals surface area contributed by atoms with Crippen LogP contribution in [0.25, 0.3) is 0 Å². The van der Waals surface area contributed by atoms with Crippen molar-refractivity contribution in [2.75, 3.05) is 18.1 Å². The molecule has 1 amide bonds. The Bertz CT molecular complexity index is 1350. The number of rotatable bonds is 5. The van der Waals surface area contributed by atoms with E-state index < -0.39 is 21.7 Å². The van der Waals surface area contributed by atoms with E-state index in [0.717, 1.165) is 18.4 Å². The maximum Gasteiger partial charge on any atom is 0.338 e. The molecule has 2 aliphatic heterocycles. The smallest absolute Gasteiger partial charge is 0.338 e. The van der Waals surface area contributed by atoms with E-state index in [4.69, 9.17) is 9.47 Å². The minimum atomic E-state index is -4.00. The summed E-state index contributed by atoms with van der Waals surface area (Å²) in [6.07, 6.45) is 1.62. The van der Waals surface area contributed by atoms with E-state index >= 15 is 0 Å². The van der Waals surface area contributed by atoms with Gasteiger partial charge in [-0.1, -0.05) is 42.5 Å². The molecule has 7 nitrogen and oxygen atoms in total. The molecular formula is C26H23NO6S. The average molecular weight is 478 g/mol. The lowest BCUT2D eigenvalue weighted by Gasteiger charge is -2.23. The number of sulfone groups is 1. The van der Waals surface area contributed by atoms with Crippen molar-refractivity contribution in [3.05, 3.63) is 89.5 Å². The van der Waals surface area contributed by atoms with Crippen LogP contribution in [0.15, 0.2) is 82.6 Å². The Morgan fingerprint density at radius 1 is 1.00 bits per heavy atom. The molecule has 34 heavy (non-hydrogen) atoms. The van der Waals surface area contributed by atoms with Gasteiger partial charge >= 0.3 is 5.97 Å². The van der Waals surface area contributed by atoms with E-state index in [9.17, 15) is 18.0 Å². The van der Waals surface area contributed by atoms with Crippen LogP contribution in [-0.2, 0) is 25.9 Å². The number of esters is 1. The first-order valence-electron chi connectivity index (χ1n) is 11.1. The third kappa shape index (κ3) is 4.10. The zero-order valence-electron chi connectivity index (χ0n) is 18.3. The van der Waals surface area contributed by atoms with E-state index in [1.165, 1.54) is 35.2 Å². The van der Waals surface area contributed by atoms with E-state index in [-0.39, 0.29) is 45.9 Å². The van der Waals surface area contributed by atoms with Gasteiger partial charge in [0.05, 0.1) is 39.3 Å². The summed E-state index contributed by atoms with van der Waals surface area (Å²) in [4.78, 5) is 27.7. The van der Waals surface area contributed by atoms with Crippen molar-refractivity contribution in [2.24, 2.45) is 0 Å².